The lowest BCUT2D eigenvalue weighted by molar-refractivity contribution is 0.0858. The second-order valence-electron chi connectivity index (χ2n) is 7.56. The van der Waals surface area contributed by atoms with Gasteiger partial charge in [-0.1, -0.05) is 48.8 Å². The van der Waals surface area contributed by atoms with Crippen LogP contribution in [0.1, 0.15) is 44.7 Å². The summed E-state index contributed by atoms with van der Waals surface area (Å²) >= 11 is 0. The molecular weight excluding hydrogens is 312 g/mol. The molecule has 1 fully saturated rings. The molecule has 2 heterocycles. The molecule has 0 bridgehead atoms. The van der Waals surface area contributed by atoms with Gasteiger partial charge in [0.15, 0.2) is 0 Å². The Labute approximate surface area is 151 Å². The second kappa shape index (κ2) is 8.11. The van der Waals surface area contributed by atoms with Crippen molar-refractivity contribution in [1.29, 1.82) is 0 Å². The summed E-state index contributed by atoms with van der Waals surface area (Å²) in [5, 5.41) is 4.17. The highest BCUT2D eigenvalue weighted by atomic mass is 16.5. The summed E-state index contributed by atoms with van der Waals surface area (Å²) in [5.41, 5.74) is 2.24. The molecule has 0 aliphatic carbocycles. The first-order valence-corrected chi connectivity index (χ1v) is 9.40. The van der Waals surface area contributed by atoms with Crippen molar-refractivity contribution in [2.45, 2.75) is 40.2 Å². The highest BCUT2D eigenvalue weighted by molar-refractivity contribution is 5.54. The van der Waals surface area contributed by atoms with Crippen molar-refractivity contribution in [3.8, 4) is 11.4 Å². The van der Waals surface area contributed by atoms with Gasteiger partial charge in [-0.3, -0.25) is 4.90 Å². The van der Waals surface area contributed by atoms with Crippen LogP contribution >= 0.6 is 0 Å². The largest absolute Gasteiger partial charge is 0.337 e. The molecule has 1 aliphatic heterocycles. The van der Waals surface area contributed by atoms with Crippen LogP contribution < -0.4 is 0 Å². The molecule has 1 aromatic heterocycles. The van der Waals surface area contributed by atoms with Gasteiger partial charge in [0.2, 0.25) is 11.7 Å². The molecule has 1 atom stereocenters. The Morgan fingerprint density at radius 2 is 1.72 bits per heavy atom. The summed E-state index contributed by atoms with van der Waals surface area (Å²) in [5.74, 6) is 2.17. The van der Waals surface area contributed by atoms with E-state index in [0.717, 1.165) is 37.7 Å². The molecule has 0 N–H and O–H groups in total. The molecule has 0 saturated carbocycles. The van der Waals surface area contributed by atoms with E-state index in [1.54, 1.807) is 0 Å². The van der Waals surface area contributed by atoms with E-state index in [-0.39, 0.29) is 6.04 Å². The van der Waals surface area contributed by atoms with Crippen LogP contribution in [0.25, 0.3) is 11.4 Å². The fourth-order valence-corrected chi connectivity index (χ4v) is 3.20. The Balaban J connectivity index is 1.57. The average molecular weight is 342 g/mol. The number of nitrogens with zero attached hydrogens (tertiary/aromatic N) is 4. The van der Waals surface area contributed by atoms with Gasteiger partial charge < -0.3 is 9.42 Å². The first-order valence-electron chi connectivity index (χ1n) is 9.40. The monoisotopic (exact) mass is 342 g/mol. The van der Waals surface area contributed by atoms with E-state index in [0.29, 0.717) is 11.7 Å². The van der Waals surface area contributed by atoms with Crippen molar-refractivity contribution in [2.75, 3.05) is 32.7 Å². The summed E-state index contributed by atoms with van der Waals surface area (Å²) in [4.78, 5) is 9.64. The van der Waals surface area contributed by atoms with Gasteiger partial charge in [-0.15, -0.1) is 0 Å². The minimum atomic E-state index is 0.166. The topological polar surface area (TPSA) is 45.4 Å². The Morgan fingerprint density at radius 1 is 1.04 bits per heavy atom. The van der Waals surface area contributed by atoms with Gasteiger partial charge in [0.1, 0.15) is 0 Å². The van der Waals surface area contributed by atoms with Crippen LogP contribution in [-0.2, 0) is 0 Å². The molecule has 2 aromatic rings. The van der Waals surface area contributed by atoms with Gasteiger partial charge in [-0.25, -0.2) is 0 Å². The number of benzene rings is 1. The normalized spacial score (nSPS) is 18.0. The van der Waals surface area contributed by atoms with Crippen molar-refractivity contribution in [2.24, 2.45) is 5.92 Å². The van der Waals surface area contributed by atoms with Crippen LogP contribution in [0.5, 0.6) is 0 Å². The minimum Gasteiger partial charge on any atom is -0.337 e. The minimum absolute atomic E-state index is 0.166. The lowest BCUT2D eigenvalue weighted by atomic mass is 10.1. The van der Waals surface area contributed by atoms with Crippen LogP contribution in [0.3, 0.4) is 0 Å². The second-order valence-corrected chi connectivity index (χ2v) is 7.56. The van der Waals surface area contributed by atoms with E-state index in [9.17, 15) is 0 Å². The summed E-state index contributed by atoms with van der Waals surface area (Å²) in [6, 6.07) is 8.40. The summed E-state index contributed by atoms with van der Waals surface area (Å²) < 4.78 is 5.55. The lowest BCUT2D eigenvalue weighted by Crippen LogP contribution is -2.47. The third kappa shape index (κ3) is 4.67. The number of aryl methyl sites for hydroxylation is 1. The van der Waals surface area contributed by atoms with Gasteiger partial charge >= 0.3 is 0 Å². The van der Waals surface area contributed by atoms with Gasteiger partial charge in [-0.2, -0.15) is 4.98 Å². The van der Waals surface area contributed by atoms with E-state index < -0.39 is 0 Å². The Hall–Kier alpha value is -1.72. The maximum absolute atomic E-state index is 5.55. The van der Waals surface area contributed by atoms with E-state index in [2.05, 4.69) is 59.8 Å². The number of hydrogen-bond donors (Lipinski definition) is 0. The van der Waals surface area contributed by atoms with Crippen molar-refractivity contribution < 1.29 is 4.52 Å². The molecule has 0 radical (unpaired) electrons. The maximum atomic E-state index is 5.55. The molecule has 1 unspecified atom stereocenters. The molecular formula is C20H30N4O. The van der Waals surface area contributed by atoms with E-state index >= 15 is 0 Å². The van der Waals surface area contributed by atoms with Crippen LogP contribution in [0.15, 0.2) is 28.8 Å². The molecule has 0 spiro atoms. The summed E-state index contributed by atoms with van der Waals surface area (Å²) in [6.07, 6.45) is 1.28. The predicted octanol–water partition coefficient (Wildman–Crippen LogP) is 3.77. The molecule has 5 heteroatoms. The van der Waals surface area contributed by atoms with E-state index in [1.165, 1.54) is 18.5 Å². The van der Waals surface area contributed by atoms with Crippen molar-refractivity contribution in [1.82, 2.24) is 19.9 Å². The Bertz CT molecular complexity index is 657. The number of piperazine rings is 1. The molecule has 25 heavy (non-hydrogen) atoms. The van der Waals surface area contributed by atoms with Crippen molar-refractivity contribution in [3.63, 3.8) is 0 Å². The third-order valence-electron chi connectivity index (χ3n) is 5.09. The fraction of sp³-hybridized carbons (Fsp3) is 0.600. The highest BCUT2D eigenvalue weighted by Gasteiger charge is 2.25. The molecule has 1 aromatic carbocycles. The van der Waals surface area contributed by atoms with Crippen molar-refractivity contribution >= 4 is 0 Å². The molecule has 1 saturated heterocycles. The first-order chi connectivity index (χ1) is 12.0. The average Bonchev–Trinajstić information content (AvgIpc) is 3.10. The summed E-state index contributed by atoms with van der Waals surface area (Å²) in [6.45, 7) is 14.4. The third-order valence-corrected chi connectivity index (χ3v) is 5.09. The quantitative estimate of drug-likeness (QED) is 0.799. The van der Waals surface area contributed by atoms with Gasteiger partial charge in [0.25, 0.3) is 0 Å². The SMILES string of the molecule is Cc1ccc(-c2noc(C(C)N3CCN(CCC(C)C)CC3)n2)cc1. The molecule has 3 rings (SSSR count). The van der Waals surface area contributed by atoms with Gasteiger partial charge in [0.05, 0.1) is 6.04 Å². The smallest absolute Gasteiger partial charge is 0.244 e. The Morgan fingerprint density at radius 3 is 2.36 bits per heavy atom. The molecule has 1 aliphatic rings. The van der Waals surface area contributed by atoms with Crippen LogP contribution in [0, 0.1) is 12.8 Å². The molecule has 0 amide bonds. The fourth-order valence-electron chi connectivity index (χ4n) is 3.20. The zero-order chi connectivity index (χ0) is 17.8. The van der Waals surface area contributed by atoms with Crippen LogP contribution in [0.4, 0.5) is 0 Å². The Kier molecular flexibility index (Phi) is 5.86. The molecule has 5 nitrogen and oxygen atoms in total. The number of hydrogen-bond acceptors (Lipinski definition) is 5. The van der Waals surface area contributed by atoms with Crippen molar-refractivity contribution in [3.05, 3.63) is 35.7 Å². The highest BCUT2D eigenvalue weighted by Crippen LogP contribution is 2.23. The van der Waals surface area contributed by atoms with Crippen LogP contribution in [-0.4, -0.2) is 52.7 Å². The zero-order valence-electron chi connectivity index (χ0n) is 15.9. The maximum Gasteiger partial charge on any atom is 0.244 e. The number of rotatable bonds is 6. The lowest BCUT2D eigenvalue weighted by Gasteiger charge is -2.37. The zero-order valence-corrected chi connectivity index (χ0v) is 15.9. The van der Waals surface area contributed by atoms with Gasteiger partial charge in [0, 0.05) is 31.7 Å². The van der Waals surface area contributed by atoms with Crippen LogP contribution in [0.2, 0.25) is 0 Å². The summed E-state index contributed by atoms with van der Waals surface area (Å²) in [7, 11) is 0. The predicted molar refractivity (Wildman–Crippen MR) is 100 cm³/mol. The molecule has 136 valence electrons. The van der Waals surface area contributed by atoms with E-state index in [4.69, 9.17) is 4.52 Å². The first kappa shape index (κ1) is 18.1. The van der Waals surface area contributed by atoms with E-state index in [1.807, 2.05) is 12.1 Å². The number of aromatic nitrogens is 2. The van der Waals surface area contributed by atoms with Gasteiger partial charge in [-0.05, 0) is 32.7 Å². The standard InChI is InChI=1S/C20H30N4O/c1-15(2)9-10-23-11-13-24(14-12-23)17(4)20-21-19(22-25-20)18-7-5-16(3)6-8-18/h5-8,15,17H,9-14H2,1-4H3.